The van der Waals surface area contributed by atoms with Crippen LogP contribution >= 0.6 is 0 Å². The summed E-state index contributed by atoms with van der Waals surface area (Å²) in [5, 5.41) is 62.5. The van der Waals surface area contributed by atoms with Crippen LogP contribution in [0.5, 0.6) is 0 Å². The van der Waals surface area contributed by atoms with E-state index in [0.29, 0.717) is 31.1 Å². The third-order valence-electron chi connectivity index (χ3n) is 16.9. The van der Waals surface area contributed by atoms with Crippen LogP contribution in [0.25, 0.3) is 0 Å². The van der Waals surface area contributed by atoms with Gasteiger partial charge < -0.3 is 49.6 Å². The van der Waals surface area contributed by atoms with Crippen LogP contribution in [0.4, 0.5) is 0 Å². The standard InChI is InChI=1S/C41H66O15S/c1-19-10-16-41(37(48)55-35-33(47)31(45)30(44)24(18-42)53-35)17-11-23-22(28(41)20(19)2)8-9-26-39(23,6)14-12-25-38(4,5)27(13-15-40(25,26)7)54-36-34(56-57(49,50)51)32(46)29(43)21(3)52-36/h8,19-21,23-36,42-47H,9-18H2,1-7H3,(H,49,50,51). The van der Waals surface area contributed by atoms with E-state index < -0.39 is 101 Å². The van der Waals surface area contributed by atoms with Crippen LogP contribution < -0.4 is 0 Å². The van der Waals surface area contributed by atoms with E-state index in [-0.39, 0.29) is 34.5 Å². The van der Waals surface area contributed by atoms with Crippen molar-refractivity contribution in [2.24, 2.45) is 57.2 Å². The maximum atomic E-state index is 14.5. The summed E-state index contributed by atoms with van der Waals surface area (Å²) in [4.78, 5) is 14.5. The summed E-state index contributed by atoms with van der Waals surface area (Å²) >= 11 is 0. The average Bonchev–Trinajstić information content (AvgIpc) is 3.14. The third-order valence-corrected chi connectivity index (χ3v) is 17.4. The van der Waals surface area contributed by atoms with Crippen molar-refractivity contribution in [1.29, 1.82) is 0 Å². The Kier molecular flexibility index (Phi) is 11.7. The van der Waals surface area contributed by atoms with Crippen LogP contribution in [0.2, 0.25) is 0 Å². The number of esters is 1. The number of hydrogen-bond acceptors (Lipinski definition) is 14. The Morgan fingerprint density at radius 1 is 0.807 bits per heavy atom. The molecule has 7 rings (SSSR count). The Labute approximate surface area is 336 Å². The first-order chi connectivity index (χ1) is 26.5. The molecular formula is C41H66O15S. The minimum Gasteiger partial charge on any atom is -0.432 e. The topological polar surface area (TPSA) is 239 Å². The molecule has 2 aliphatic heterocycles. The van der Waals surface area contributed by atoms with E-state index in [0.717, 1.165) is 38.5 Å². The van der Waals surface area contributed by atoms with Gasteiger partial charge in [0.25, 0.3) is 0 Å². The SMILES string of the molecule is CC1CCC2(C(=O)OC3OC(CO)C(O)C(O)C3O)CCC3C(=CCC4C3(C)CCC3C(C)(C)C(OC5OC(C)C(O)C(O)C5OS(=O)(=O)O)CCC34C)C2C1C. The van der Waals surface area contributed by atoms with Crippen molar-refractivity contribution in [3.63, 3.8) is 0 Å². The zero-order chi connectivity index (χ0) is 41.8. The highest BCUT2D eigenvalue weighted by atomic mass is 32.3. The molecule has 7 aliphatic rings. The van der Waals surface area contributed by atoms with Gasteiger partial charge in [0.2, 0.25) is 6.29 Å². The Morgan fingerprint density at radius 2 is 1.47 bits per heavy atom. The first-order valence-electron chi connectivity index (χ1n) is 21.1. The predicted molar refractivity (Wildman–Crippen MR) is 202 cm³/mol. The van der Waals surface area contributed by atoms with Crippen molar-refractivity contribution in [3.05, 3.63) is 11.6 Å². The fourth-order valence-corrected chi connectivity index (χ4v) is 14.1. The van der Waals surface area contributed by atoms with Crippen LogP contribution in [0.15, 0.2) is 11.6 Å². The molecular weight excluding hydrogens is 765 g/mol. The van der Waals surface area contributed by atoms with Gasteiger partial charge in [-0.2, -0.15) is 8.42 Å². The minimum atomic E-state index is -5.00. The highest BCUT2D eigenvalue weighted by Gasteiger charge is 2.67. The van der Waals surface area contributed by atoms with E-state index in [9.17, 15) is 48.4 Å². The molecule has 0 aromatic rings. The van der Waals surface area contributed by atoms with Crippen molar-refractivity contribution >= 4 is 16.4 Å². The van der Waals surface area contributed by atoms with Gasteiger partial charge in [0.05, 0.1) is 24.2 Å². The van der Waals surface area contributed by atoms with Crippen LogP contribution in [-0.4, -0.2) is 124 Å². The Balaban J connectivity index is 1.14. The van der Waals surface area contributed by atoms with Crippen LogP contribution in [0.1, 0.15) is 106 Å². The monoisotopic (exact) mass is 830 g/mol. The van der Waals surface area contributed by atoms with E-state index in [4.69, 9.17) is 23.1 Å². The lowest BCUT2D eigenvalue weighted by atomic mass is 9.37. The number of ether oxygens (including phenoxy) is 4. The fourth-order valence-electron chi connectivity index (χ4n) is 13.7. The molecule has 0 aromatic carbocycles. The molecule has 6 fully saturated rings. The van der Waals surface area contributed by atoms with Crippen molar-refractivity contribution in [3.8, 4) is 0 Å². The molecule has 0 radical (unpaired) electrons. The zero-order valence-corrected chi connectivity index (χ0v) is 35.1. The van der Waals surface area contributed by atoms with Gasteiger partial charge in [0.1, 0.15) is 36.6 Å². The van der Waals surface area contributed by atoms with Crippen LogP contribution in [0.3, 0.4) is 0 Å². The zero-order valence-electron chi connectivity index (χ0n) is 34.3. The molecule has 7 N–H and O–H groups in total. The number of allylic oxidation sites excluding steroid dienone is 2. The third kappa shape index (κ3) is 7.07. The summed E-state index contributed by atoms with van der Waals surface area (Å²) in [6, 6.07) is 0. The molecule has 20 unspecified atom stereocenters. The normalized spacial score (nSPS) is 52.3. The van der Waals surface area contributed by atoms with Crippen molar-refractivity contribution in [2.45, 2.75) is 174 Å². The summed E-state index contributed by atoms with van der Waals surface area (Å²) in [6.45, 7) is 14.6. The number of aliphatic hydroxyl groups excluding tert-OH is 6. The molecule has 4 saturated carbocycles. The summed E-state index contributed by atoms with van der Waals surface area (Å²) < 4.78 is 61.8. The van der Waals surface area contributed by atoms with E-state index in [2.05, 4.69) is 47.6 Å². The molecule has 326 valence electrons. The lowest BCUT2D eigenvalue weighted by Crippen LogP contribution is -2.64. The molecule has 15 nitrogen and oxygen atoms in total. The van der Waals surface area contributed by atoms with Gasteiger partial charge in [0, 0.05) is 0 Å². The van der Waals surface area contributed by atoms with E-state index >= 15 is 0 Å². The molecule has 2 saturated heterocycles. The summed E-state index contributed by atoms with van der Waals surface area (Å²) in [5.74, 6) is 0.736. The van der Waals surface area contributed by atoms with Gasteiger partial charge in [-0.3, -0.25) is 9.35 Å². The number of carbonyl (C=O) groups excluding carboxylic acids is 1. The van der Waals surface area contributed by atoms with E-state index in [1.807, 2.05) is 0 Å². The Bertz CT molecular complexity index is 1650. The van der Waals surface area contributed by atoms with Gasteiger partial charge in [0.15, 0.2) is 12.4 Å². The summed E-state index contributed by atoms with van der Waals surface area (Å²) in [6.07, 6.45) is -5.58. The lowest BCUT2D eigenvalue weighted by Gasteiger charge is -2.68. The molecule has 0 aromatic heterocycles. The van der Waals surface area contributed by atoms with Crippen molar-refractivity contribution < 1.29 is 71.5 Å². The van der Waals surface area contributed by atoms with Crippen LogP contribution in [-0.2, 0) is 38.3 Å². The molecule has 57 heavy (non-hydrogen) atoms. The second kappa shape index (κ2) is 15.3. The fraction of sp³-hybridized carbons (Fsp3) is 0.927. The number of aliphatic hydroxyl groups is 6. The smallest absolute Gasteiger partial charge is 0.397 e. The summed E-state index contributed by atoms with van der Waals surface area (Å²) in [5.41, 5.74) is -0.117. The maximum absolute atomic E-state index is 14.5. The lowest BCUT2D eigenvalue weighted by molar-refractivity contribution is -0.319. The van der Waals surface area contributed by atoms with Gasteiger partial charge >= 0.3 is 16.4 Å². The van der Waals surface area contributed by atoms with Crippen molar-refractivity contribution in [1.82, 2.24) is 0 Å². The molecule has 5 aliphatic carbocycles. The average molecular weight is 831 g/mol. The number of carbonyl (C=O) groups is 1. The molecule has 0 amide bonds. The molecule has 0 spiro atoms. The number of hydrogen-bond donors (Lipinski definition) is 7. The van der Waals surface area contributed by atoms with Gasteiger partial charge in [-0.15, -0.1) is 0 Å². The van der Waals surface area contributed by atoms with Gasteiger partial charge in [-0.05, 0) is 116 Å². The van der Waals surface area contributed by atoms with Gasteiger partial charge in [-0.25, -0.2) is 4.18 Å². The highest BCUT2D eigenvalue weighted by molar-refractivity contribution is 7.80. The number of rotatable bonds is 7. The van der Waals surface area contributed by atoms with Crippen LogP contribution in [0, 0.1) is 57.2 Å². The molecule has 20 atom stereocenters. The quantitative estimate of drug-likeness (QED) is 0.0845. The molecule has 2 heterocycles. The summed E-state index contributed by atoms with van der Waals surface area (Å²) in [7, 11) is -5.00. The Hall–Kier alpha value is -1.28. The number of fused-ring (bicyclic) bond motifs is 7. The van der Waals surface area contributed by atoms with Gasteiger partial charge in [-0.1, -0.05) is 53.2 Å². The first-order valence-corrected chi connectivity index (χ1v) is 22.4. The highest BCUT2D eigenvalue weighted by Crippen LogP contribution is 2.72. The Morgan fingerprint density at radius 3 is 2.14 bits per heavy atom. The molecule has 0 bridgehead atoms. The first kappa shape index (κ1) is 43.8. The second-order valence-corrected chi connectivity index (χ2v) is 21.0. The molecule has 16 heteroatoms. The van der Waals surface area contributed by atoms with E-state index in [1.54, 1.807) is 6.92 Å². The predicted octanol–water partition coefficient (Wildman–Crippen LogP) is 2.64. The minimum absolute atomic E-state index is 0.0660. The maximum Gasteiger partial charge on any atom is 0.397 e. The van der Waals surface area contributed by atoms with Crippen molar-refractivity contribution in [2.75, 3.05) is 6.61 Å². The second-order valence-electron chi connectivity index (χ2n) is 20.0. The van der Waals surface area contributed by atoms with E-state index in [1.165, 1.54) is 5.57 Å². The largest absolute Gasteiger partial charge is 0.432 e.